The number of hydrogen-bond donors (Lipinski definition) is 0. The van der Waals surface area contributed by atoms with Crippen LogP contribution in [0.3, 0.4) is 0 Å². The number of aromatic nitrogens is 3. The smallest absolute Gasteiger partial charge is 0.355 e. The standard InChI is InChI=1S/C18H16F3N5S/c19-18(20,21)13-2-1-4-22-16(13)25-6-11-8-26(9-12(11)7-25)17-15-14(3-5-27-15)23-10-24-17/h1-5,10-12H,6-9H2. The molecule has 27 heavy (non-hydrogen) atoms. The molecule has 0 amide bonds. The highest BCUT2D eigenvalue weighted by Gasteiger charge is 2.44. The van der Waals surface area contributed by atoms with Crippen LogP contribution in [0, 0.1) is 11.8 Å². The molecule has 2 atom stereocenters. The molecular weight excluding hydrogens is 375 g/mol. The van der Waals surface area contributed by atoms with Crippen molar-refractivity contribution in [2.24, 2.45) is 11.8 Å². The summed E-state index contributed by atoms with van der Waals surface area (Å²) in [6, 6.07) is 4.42. The summed E-state index contributed by atoms with van der Waals surface area (Å²) in [6.07, 6.45) is -1.38. The predicted octanol–water partition coefficient (Wildman–Crippen LogP) is 3.68. The van der Waals surface area contributed by atoms with Gasteiger partial charge in [-0.2, -0.15) is 13.2 Å². The molecule has 5 rings (SSSR count). The van der Waals surface area contributed by atoms with Gasteiger partial charge in [-0.1, -0.05) is 0 Å². The highest BCUT2D eigenvalue weighted by molar-refractivity contribution is 7.17. The minimum absolute atomic E-state index is 0.0497. The second-order valence-electron chi connectivity index (χ2n) is 7.03. The van der Waals surface area contributed by atoms with E-state index in [2.05, 4.69) is 19.9 Å². The number of fused-ring (bicyclic) bond motifs is 2. The number of rotatable bonds is 2. The third-order valence-electron chi connectivity index (χ3n) is 5.40. The van der Waals surface area contributed by atoms with Crippen molar-refractivity contribution in [3.05, 3.63) is 41.7 Å². The Balaban J connectivity index is 1.37. The van der Waals surface area contributed by atoms with Crippen LogP contribution in [-0.4, -0.2) is 41.1 Å². The first-order valence-corrected chi connectivity index (χ1v) is 9.59. The monoisotopic (exact) mass is 391 g/mol. The SMILES string of the molecule is FC(F)(F)c1cccnc1N1CC2CN(c3ncnc4ccsc34)CC2C1. The van der Waals surface area contributed by atoms with Crippen LogP contribution in [0.5, 0.6) is 0 Å². The third-order valence-corrected chi connectivity index (χ3v) is 6.30. The van der Waals surface area contributed by atoms with Gasteiger partial charge in [-0.3, -0.25) is 0 Å². The van der Waals surface area contributed by atoms with E-state index in [-0.39, 0.29) is 5.82 Å². The Kier molecular flexibility index (Phi) is 3.75. The van der Waals surface area contributed by atoms with Crippen molar-refractivity contribution >= 4 is 33.2 Å². The summed E-state index contributed by atoms with van der Waals surface area (Å²) in [4.78, 5) is 16.8. The molecule has 140 valence electrons. The first-order valence-electron chi connectivity index (χ1n) is 8.71. The Labute approximate surface area is 157 Å². The van der Waals surface area contributed by atoms with E-state index in [0.29, 0.717) is 24.9 Å². The molecule has 0 aliphatic carbocycles. The van der Waals surface area contributed by atoms with Crippen LogP contribution < -0.4 is 9.80 Å². The number of pyridine rings is 1. The van der Waals surface area contributed by atoms with Crippen molar-refractivity contribution < 1.29 is 13.2 Å². The minimum Gasteiger partial charge on any atom is -0.355 e. The maximum Gasteiger partial charge on any atom is 0.419 e. The molecule has 0 radical (unpaired) electrons. The van der Waals surface area contributed by atoms with Crippen LogP contribution in [0.1, 0.15) is 5.56 Å². The van der Waals surface area contributed by atoms with E-state index >= 15 is 0 Å². The molecule has 0 aromatic carbocycles. The van der Waals surface area contributed by atoms with E-state index in [9.17, 15) is 13.2 Å². The average molecular weight is 391 g/mol. The van der Waals surface area contributed by atoms with Gasteiger partial charge < -0.3 is 9.80 Å². The molecule has 2 saturated heterocycles. The summed E-state index contributed by atoms with van der Waals surface area (Å²) >= 11 is 1.62. The Morgan fingerprint density at radius 3 is 2.33 bits per heavy atom. The zero-order valence-corrected chi connectivity index (χ0v) is 15.0. The van der Waals surface area contributed by atoms with Gasteiger partial charge in [0.1, 0.15) is 18.0 Å². The van der Waals surface area contributed by atoms with Gasteiger partial charge in [-0.05, 0) is 23.6 Å². The van der Waals surface area contributed by atoms with E-state index in [4.69, 9.17) is 0 Å². The molecule has 2 aliphatic heterocycles. The van der Waals surface area contributed by atoms with Crippen LogP contribution in [-0.2, 0) is 6.18 Å². The fraction of sp³-hybridized carbons (Fsp3) is 0.389. The maximum atomic E-state index is 13.3. The van der Waals surface area contributed by atoms with Gasteiger partial charge in [-0.15, -0.1) is 11.3 Å². The van der Waals surface area contributed by atoms with E-state index < -0.39 is 11.7 Å². The molecule has 5 nitrogen and oxygen atoms in total. The van der Waals surface area contributed by atoms with E-state index in [1.165, 1.54) is 12.3 Å². The first kappa shape index (κ1) is 16.7. The highest BCUT2D eigenvalue weighted by Crippen LogP contribution is 2.41. The quantitative estimate of drug-likeness (QED) is 0.667. The number of halogens is 3. The third kappa shape index (κ3) is 2.80. The number of anilines is 2. The summed E-state index contributed by atoms with van der Waals surface area (Å²) in [5, 5.41) is 2.00. The molecule has 3 aromatic heterocycles. The molecule has 0 N–H and O–H groups in total. The molecule has 0 spiro atoms. The van der Waals surface area contributed by atoms with Crippen molar-refractivity contribution in [2.45, 2.75) is 6.18 Å². The molecule has 0 bridgehead atoms. The van der Waals surface area contributed by atoms with Crippen molar-refractivity contribution in [2.75, 3.05) is 36.0 Å². The topological polar surface area (TPSA) is 45.2 Å². The van der Waals surface area contributed by atoms with Crippen molar-refractivity contribution in [3.8, 4) is 0 Å². The summed E-state index contributed by atoms with van der Waals surface area (Å²) in [6.45, 7) is 2.75. The Bertz CT molecular complexity index is 974. The van der Waals surface area contributed by atoms with Gasteiger partial charge in [0.15, 0.2) is 0 Å². The van der Waals surface area contributed by atoms with Crippen LogP contribution in [0.15, 0.2) is 36.1 Å². The fourth-order valence-corrected chi connectivity index (χ4v) is 5.07. The molecule has 2 unspecified atom stereocenters. The molecular formula is C18H16F3N5S. The van der Waals surface area contributed by atoms with Crippen LogP contribution in [0.4, 0.5) is 24.8 Å². The largest absolute Gasteiger partial charge is 0.419 e. The fourth-order valence-electron chi connectivity index (χ4n) is 4.21. The molecule has 9 heteroatoms. The normalized spacial score (nSPS) is 22.6. The molecule has 0 saturated carbocycles. The molecule has 2 aliphatic rings. The van der Waals surface area contributed by atoms with E-state index in [1.54, 1.807) is 22.6 Å². The van der Waals surface area contributed by atoms with Crippen LogP contribution >= 0.6 is 11.3 Å². The van der Waals surface area contributed by atoms with Crippen LogP contribution in [0.25, 0.3) is 10.2 Å². The van der Waals surface area contributed by atoms with Gasteiger partial charge >= 0.3 is 6.18 Å². The molecule has 3 aromatic rings. The Hall–Kier alpha value is -2.42. The van der Waals surface area contributed by atoms with Gasteiger partial charge in [0.05, 0.1) is 15.8 Å². The number of nitrogens with zero attached hydrogens (tertiary/aromatic N) is 5. The second-order valence-corrected chi connectivity index (χ2v) is 7.95. The van der Waals surface area contributed by atoms with Crippen molar-refractivity contribution in [3.63, 3.8) is 0 Å². The number of hydrogen-bond acceptors (Lipinski definition) is 6. The number of alkyl halides is 3. The van der Waals surface area contributed by atoms with Gasteiger partial charge in [0.2, 0.25) is 0 Å². The Morgan fingerprint density at radius 1 is 0.926 bits per heavy atom. The van der Waals surface area contributed by atoms with Crippen LogP contribution in [0.2, 0.25) is 0 Å². The van der Waals surface area contributed by atoms with Gasteiger partial charge in [0.25, 0.3) is 0 Å². The highest BCUT2D eigenvalue weighted by atomic mass is 32.1. The van der Waals surface area contributed by atoms with Gasteiger partial charge in [-0.25, -0.2) is 15.0 Å². The second kappa shape index (κ2) is 6.05. The Morgan fingerprint density at radius 2 is 1.63 bits per heavy atom. The minimum atomic E-state index is -4.39. The lowest BCUT2D eigenvalue weighted by Crippen LogP contribution is -2.31. The van der Waals surface area contributed by atoms with Crippen molar-refractivity contribution in [1.82, 2.24) is 15.0 Å². The molecule has 5 heterocycles. The molecule has 2 fully saturated rings. The summed E-state index contributed by atoms with van der Waals surface area (Å²) in [5.41, 5.74) is 0.282. The zero-order valence-electron chi connectivity index (χ0n) is 14.2. The average Bonchev–Trinajstić information content (AvgIpc) is 3.34. The van der Waals surface area contributed by atoms with E-state index in [0.717, 1.165) is 35.2 Å². The maximum absolute atomic E-state index is 13.3. The lowest BCUT2D eigenvalue weighted by molar-refractivity contribution is -0.137. The predicted molar refractivity (Wildman–Crippen MR) is 98.1 cm³/mol. The van der Waals surface area contributed by atoms with Gasteiger partial charge in [0, 0.05) is 44.2 Å². The van der Waals surface area contributed by atoms with Crippen molar-refractivity contribution in [1.29, 1.82) is 0 Å². The van der Waals surface area contributed by atoms with E-state index in [1.807, 2.05) is 11.4 Å². The summed E-state index contributed by atoms with van der Waals surface area (Å²) in [5.74, 6) is 1.59. The lowest BCUT2D eigenvalue weighted by atomic mass is 10.0. The zero-order chi connectivity index (χ0) is 18.6. The first-order chi connectivity index (χ1) is 13.0. The number of thiophene rings is 1. The summed E-state index contributed by atoms with van der Waals surface area (Å²) in [7, 11) is 0. The lowest BCUT2D eigenvalue weighted by Gasteiger charge is -2.25. The summed E-state index contributed by atoms with van der Waals surface area (Å²) < 4.78 is 41.0.